The molecule has 0 bridgehead atoms. The van der Waals surface area contributed by atoms with Gasteiger partial charge in [-0.25, -0.2) is 5.48 Å². The van der Waals surface area contributed by atoms with Crippen molar-refractivity contribution in [3.63, 3.8) is 0 Å². The molecule has 7 heteroatoms. The van der Waals surface area contributed by atoms with Crippen LogP contribution in [0.25, 0.3) is 0 Å². The molecule has 0 heterocycles. The Labute approximate surface area is 157 Å². The Morgan fingerprint density at radius 3 is 2.04 bits per heavy atom. The molecule has 0 radical (unpaired) electrons. The lowest BCUT2D eigenvalue weighted by molar-refractivity contribution is -0.137. The van der Waals surface area contributed by atoms with E-state index in [0.717, 1.165) is 19.3 Å². The highest BCUT2D eigenvalue weighted by Crippen LogP contribution is 2.22. The molecule has 4 N–H and O–H groups in total. The zero-order chi connectivity index (χ0) is 20.2. The highest BCUT2D eigenvalue weighted by Gasteiger charge is 2.34. The molecule has 0 aromatic carbocycles. The van der Waals surface area contributed by atoms with E-state index in [-0.39, 0.29) is 18.2 Å². The Morgan fingerprint density at radius 2 is 1.54 bits per heavy atom. The molecule has 0 aliphatic heterocycles. The van der Waals surface area contributed by atoms with Gasteiger partial charge >= 0.3 is 0 Å². The first kappa shape index (κ1) is 24.4. The number of hydrogen-bond donors (Lipinski definition) is 4. The number of hydrogen-bond acceptors (Lipinski definition) is 4. The third-order valence-corrected chi connectivity index (χ3v) is 4.49. The summed E-state index contributed by atoms with van der Waals surface area (Å²) in [5.41, 5.74) is 1.13. The van der Waals surface area contributed by atoms with E-state index in [2.05, 4.69) is 17.6 Å². The Balaban J connectivity index is 4.85. The fourth-order valence-electron chi connectivity index (χ4n) is 2.85. The topological polar surface area (TPSA) is 108 Å². The van der Waals surface area contributed by atoms with E-state index < -0.39 is 23.3 Å². The summed E-state index contributed by atoms with van der Waals surface area (Å²) in [5, 5.41) is 14.1. The zero-order valence-corrected chi connectivity index (χ0v) is 17.0. The fourth-order valence-corrected chi connectivity index (χ4v) is 2.85. The van der Waals surface area contributed by atoms with E-state index in [1.165, 1.54) is 26.3 Å². The quantitative estimate of drug-likeness (QED) is 0.240. The summed E-state index contributed by atoms with van der Waals surface area (Å²) in [6, 6.07) is -0.691. The standard InChI is InChI=1S/C19H37N3O4/c1-6-7-8-9-10-11-12-14(13-15(23)22-26)17(24)21-16(18(25)20-5)19(2,3)4/h14,16,26H,6-13H2,1-5H3,(H,20,25)(H,21,24)(H,22,23)/t14-,16+/m0/s1. The van der Waals surface area contributed by atoms with Crippen LogP contribution in [0, 0.1) is 11.3 Å². The van der Waals surface area contributed by atoms with Crippen LogP contribution in [0.4, 0.5) is 0 Å². The largest absolute Gasteiger partial charge is 0.357 e. The van der Waals surface area contributed by atoms with Crippen LogP contribution in [0.3, 0.4) is 0 Å². The number of rotatable bonds is 12. The van der Waals surface area contributed by atoms with E-state index in [0.29, 0.717) is 6.42 Å². The molecule has 0 fully saturated rings. The van der Waals surface area contributed by atoms with Crippen LogP contribution < -0.4 is 16.1 Å². The minimum atomic E-state index is -0.691. The lowest BCUT2D eigenvalue weighted by Crippen LogP contribution is -2.54. The molecule has 0 aliphatic carbocycles. The van der Waals surface area contributed by atoms with Gasteiger partial charge in [0, 0.05) is 19.4 Å². The fraction of sp³-hybridized carbons (Fsp3) is 0.842. The van der Waals surface area contributed by atoms with Gasteiger partial charge in [0.25, 0.3) is 0 Å². The normalized spacial score (nSPS) is 13.6. The summed E-state index contributed by atoms with van der Waals surface area (Å²) in [6.07, 6.45) is 6.96. The number of unbranched alkanes of at least 4 members (excludes halogenated alkanes) is 5. The summed E-state index contributed by atoms with van der Waals surface area (Å²) >= 11 is 0. The van der Waals surface area contributed by atoms with Crippen LogP contribution in [0.5, 0.6) is 0 Å². The Kier molecular flexibility index (Phi) is 11.9. The first-order valence-electron chi connectivity index (χ1n) is 9.62. The molecular weight excluding hydrogens is 334 g/mol. The molecular formula is C19H37N3O4. The summed E-state index contributed by atoms with van der Waals surface area (Å²) in [5.74, 6) is -1.76. The first-order valence-corrected chi connectivity index (χ1v) is 9.62. The number of carbonyl (C=O) groups is 3. The van der Waals surface area contributed by atoms with Crippen molar-refractivity contribution in [1.82, 2.24) is 16.1 Å². The van der Waals surface area contributed by atoms with Gasteiger partial charge in [-0.05, 0) is 11.8 Å². The van der Waals surface area contributed by atoms with Crippen LogP contribution in [0.1, 0.15) is 79.1 Å². The lowest BCUT2D eigenvalue weighted by Gasteiger charge is -2.31. The number of carbonyl (C=O) groups excluding carboxylic acids is 3. The summed E-state index contributed by atoms with van der Waals surface area (Å²) in [7, 11) is 1.53. The smallest absolute Gasteiger partial charge is 0.244 e. The van der Waals surface area contributed by atoms with Crippen molar-refractivity contribution in [2.75, 3.05) is 7.05 Å². The van der Waals surface area contributed by atoms with Gasteiger partial charge in [0.2, 0.25) is 17.7 Å². The van der Waals surface area contributed by atoms with Crippen molar-refractivity contribution < 1.29 is 19.6 Å². The van der Waals surface area contributed by atoms with Crippen molar-refractivity contribution in [3.8, 4) is 0 Å². The average molecular weight is 372 g/mol. The van der Waals surface area contributed by atoms with Gasteiger partial charge in [0.05, 0.1) is 0 Å². The van der Waals surface area contributed by atoms with Crippen LogP contribution in [-0.4, -0.2) is 36.0 Å². The molecule has 152 valence electrons. The van der Waals surface area contributed by atoms with Crippen LogP contribution in [0.15, 0.2) is 0 Å². The van der Waals surface area contributed by atoms with Gasteiger partial charge in [-0.3, -0.25) is 19.6 Å². The van der Waals surface area contributed by atoms with Crippen LogP contribution in [-0.2, 0) is 14.4 Å². The summed E-state index contributed by atoms with van der Waals surface area (Å²) in [6.45, 7) is 7.77. The predicted molar refractivity (Wildman–Crippen MR) is 101 cm³/mol. The highest BCUT2D eigenvalue weighted by atomic mass is 16.5. The summed E-state index contributed by atoms with van der Waals surface area (Å²) < 4.78 is 0. The van der Waals surface area contributed by atoms with Crippen molar-refractivity contribution in [2.24, 2.45) is 11.3 Å². The maximum Gasteiger partial charge on any atom is 0.244 e. The van der Waals surface area contributed by atoms with Gasteiger partial charge in [0.1, 0.15) is 6.04 Å². The van der Waals surface area contributed by atoms with Gasteiger partial charge in [-0.15, -0.1) is 0 Å². The maximum absolute atomic E-state index is 12.7. The van der Waals surface area contributed by atoms with Crippen molar-refractivity contribution >= 4 is 17.7 Å². The lowest BCUT2D eigenvalue weighted by atomic mass is 9.85. The molecule has 2 atom stereocenters. The Morgan fingerprint density at radius 1 is 0.962 bits per heavy atom. The van der Waals surface area contributed by atoms with E-state index in [1.807, 2.05) is 20.8 Å². The van der Waals surface area contributed by atoms with Crippen LogP contribution in [0.2, 0.25) is 0 Å². The molecule has 0 rings (SSSR count). The summed E-state index contributed by atoms with van der Waals surface area (Å²) in [4.78, 5) is 36.3. The molecule has 26 heavy (non-hydrogen) atoms. The average Bonchev–Trinajstić information content (AvgIpc) is 2.59. The number of likely N-dealkylation sites (N-methyl/N-ethyl adjacent to an activating group) is 1. The second-order valence-corrected chi connectivity index (χ2v) is 7.91. The molecule has 7 nitrogen and oxygen atoms in total. The maximum atomic E-state index is 12.7. The third-order valence-electron chi connectivity index (χ3n) is 4.49. The van der Waals surface area contributed by atoms with Crippen molar-refractivity contribution in [1.29, 1.82) is 0 Å². The van der Waals surface area contributed by atoms with Crippen molar-refractivity contribution in [2.45, 2.75) is 85.1 Å². The number of amides is 3. The number of nitrogens with one attached hydrogen (secondary N) is 3. The Bertz CT molecular complexity index is 447. The molecule has 3 amide bonds. The first-order chi connectivity index (χ1) is 12.2. The van der Waals surface area contributed by atoms with Crippen molar-refractivity contribution in [3.05, 3.63) is 0 Å². The monoisotopic (exact) mass is 371 g/mol. The van der Waals surface area contributed by atoms with Gasteiger partial charge in [-0.1, -0.05) is 66.2 Å². The molecule has 0 saturated carbocycles. The Hall–Kier alpha value is -1.63. The molecule has 0 aromatic heterocycles. The molecule has 0 saturated heterocycles. The van der Waals surface area contributed by atoms with E-state index >= 15 is 0 Å². The van der Waals surface area contributed by atoms with E-state index in [1.54, 1.807) is 5.48 Å². The minimum absolute atomic E-state index is 0.0953. The third kappa shape index (κ3) is 9.75. The molecule has 0 aliphatic rings. The van der Waals surface area contributed by atoms with E-state index in [4.69, 9.17) is 5.21 Å². The molecule has 0 unspecified atom stereocenters. The second-order valence-electron chi connectivity index (χ2n) is 7.91. The van der Waals surface area contributed by atoms with Gasteiger partial charge in [-0.2, -0.15) is 0 Å². The van der Waals surface area contributed by atoms with Crippen LogP contribution >= 0.6 is 0 Å². The predicted octanol–water partition coefficient (Wildman–Crippen LogP) is 2.53. The molecule has 0 spiro atoms. The highest BCUT2D eigenvalue weighted by molar-refractivity contribution is 5.90. The van der Waals surface area contributed by atoms with Gasteiger partial charge < -0.3 is 10.6 Å². The minimum Gasteiger partial charge on any atom is -0.357 e. The van der Waals surface area contributed by atoms with Gasteiger partial charge in [0.15, 0.2) is 0 Å². The second kappa shape index (κ2) is 12.7. The van der Waals surface area contributed by atoms with E-state index in [9.17, 15) is 14.4 Å². The number of hydroxylamine groups is 1. The zero-order valence-electron chi connectivity index (χ0n) is 17.0. The SMILES string of the molecule is CCCCCCCC[C@@H](CC(=O)NO)C(=O)N[C@H](C(=O)NC)C(C)(C)C. The molecule has 0 aromatic rings.